The Bertz CT molecular complexity index is 235. The molecule has 0 aromatic heterocycles. The smallest absolute Gasteiger partial charge is 0.301 e. The van der Waals surface area contributed by atoms with Gasteiger partial charge in [0.25, 0.3) is 0 Å². The van der Waals surface area contributed by atoms with Crippen molar-refractivity contribution >= 4 is 28.7 Å². The van der Waals surface area contributed by atoms with Crippen molar-refractivity contribution < 1.29 is 22.3 Å². The molecule has 0 amide bonds. The van der Waals surface area contributed by atoms with Crippen LogP contribution in [-0.4, -0.2) is 9.10 Å². The summed E-state index contributed by atoms with van der Waals surface area (Å²) in [5, 5.41) is 9.28. The Morgan fingerprint density at radius 2 is 2.36 bits per heavy atom. The maximum atomic E-state index is 10.4. The fourth-order valence-electron chi connectivity index (χ4n) is 0.140. The lowest BCUT2D eigenvalue weighted by atomic mass is 11.8. The van der Waals surface area contributed by atoms with Crippen LogP contribution in [-0.2, 0) is 23.3 Å². The SMILES string of the molecule is N#CSS(=O)OP(=O)(O)ON. The Kier molecular flexibility index (Phi) is 4.87. The quantitative estimate of drug-likeness (QED) is 0.287. The highest BCUT2D eigenvalue weighted by Crippen LogP contribution is 2.43. The second-order valence-corrected chi connectivity index (χ2v) is 4.85. The van der Waals surface area contributed by atoms with Crippen molar-refractivity contribution in [3.8, 4) is 5.40 Å². The number of thiocyanates is 1. The van der Waals surface area contributed by atoms with E-state index in [4.69, 9.17) is 10.2 Å². The average Bonchev–Trinajstić information content (AvgIpc) is 1.87. The fraction of sp³-hybridized carbons (Fsp3) is 0. The van der Waals surface area contributed by atoms with E-state index in [1.54, 1.807) is 0 Å². The third-order valence-electron chi connectivity index (χ3n) is 0.394. The van der Waals surface area contributed by atoms with E-state index >= 15 is 0 Å². The molecule has 0 aromatic carbocycles. The molecule has 0 fully saturated rings. The summed E-state index contributed by atoms with van der Waals surface area (Å²) in [6.45, 7) is 0. The highest BCUT2D eigenvalue weighted by Gasteiger charge is 2.24. The number of hydrogen-bond acceptors (Lipinski definition) is 7. The minimum atomic E-state index is -4.45. The summed E-state index contributed by atoms with van der Waals surface area (Å²) in [5.41, 5.74) is 0. The Balaban J connectivity index is 3.97. The summed E-state index contributed by atoms with van der Waals surface area (Å²) < 4.78 is 27.9. The third kappa shape index (κ3) is 5.34. The summed E-state index contributed by atoms with van der Waals surface area (Å²) in [5.74, 6) is 4.29. The normalized spacial score (nSPS) is 18.3. The molecule has 0 aromatic rings. The van der Waals surface area contributed by atoms with Crippen molar-refractivity contribution in [2.24, 2.45) is 5.90 Å². The highest BCUT2D eigenvalue weighted by atomic mass is 33.1. The van der Waals surface area contributed by atoms with Gasteiger partial charge in [0.1, 0.15) is 5.40 Å². The van der Waals surface area contributed by atoms with Gasteiger partial charge in [-0.15, -0.1) is 0 Å². The molecular formula is CH3N2O5PS2. The predicted octanol–water partition coefficient (Wildman–Crippen LogP) is -0.213. The van der Waals surface area contributed by atoms with Crippen LogP contribution in [0.3, 0.4) is 0 Å². The van der Waals surface area contributed by atoms with Gasteiger partial charge in [-0.2, -0.15) is 9.23 Å². The topological polar surface area (TPSA) is 123 Å². The molecule has 64 valence electrons. The van der Waals surface area contributed by atoms with E-state index in [1.807, 2.05) is 0 Å². The molecule has 0 spiro atoms. The molecule has 0 aliphatic heterocycles. The van der Waals surface area contributed by atoms with Gasteiger partial charge in [0.05, 0.1) is 10.8 Å². The second kappa shape index (κ2) is 4.84. The Labute approximate surface area is 68.1 Å². The number of nitriles is 1. The molecule has 11 heavy (non-hydrogen) atoms. The number of nitrogens with zero attached hydrogens (tertiary/aromatic N) is 1. The van der Waals surface area contributed by atoms with Gasteiger partial charge >= 0.3 is 7.82 Å². The molecule has 0 rings (SSSR count). The van der Waals surface area contributed by atoms with E-state index in [2.05, 4.69) is 14.5 Å². The number of nitrogens with two attached hydrogens (primary N) is 1. The maximum Gasteiger partial charge on any atom is 0.502 e. The van der Waals surface area contributed by atoms with E-state index in [0.29, 0.717) is 0 Å². The molecule has 3 N–H and O–H groups in total. The van der Waals surface area contributed by atoms with E-state index in [1.165, 1.54) is 5.40 Å². The van der Waals surface area contributed by atoms with E-state index in [0.717, 1.165) is 0 Å². The van der Waals surface area contributed by atoms with E-state index in [-0.39, 0.29) is 10.8 Å². The molecule has 2 unspecified atom stereocenters. The monoisotopic (exact) mass is 218 g/mol. The van der Waals surface area contributed by atoms with Crippen molar-refractivity contribution in [2.45, 2.75) is 0 Å². The summed E-state index contributed by atoms with van der Waals surface area (Å²) in [6.07, 6.45) is 0. The molecule has 7 nitrogen and oxygen atoms in total. The molecular weight excluding hydrogens is 215 g/mol. The zero-order valence-electron chi connectivity index (χ0n) is 4.87. The van der Waals surface area contributed by atoms with Gasteiger partial charge in [-0.3, -0.25) is 0 Å². The summed E-state index contributed by atoms with van der Waals surface area (Å²) in [4.78, 5) is 8.39. The standard InChI is InChI=1S/CH3N2O5PS2/c2-1-10-11(6)8-9(4,5)7-3/h3H2,(H,4,5). The lowest BCUT2D eigenvalue weighted by Gasteiger charge is -2.03. The molecule has 0 aliphatic rings. The third-order valence-corrected chi connectivity index (χ3v) is 3.29. The Hall–Kier alpha value is 0.0600. The van der Waals surface area contributed by atoms with Gasteiger partial charge in [-0.1, -0.05) is 0 Å². The van der Waals surface area contributed by atoms with Crippen molar-refractivity contribution in [1.29, 1.82) is 5.26 Å². The van der Waals surface area contributed by atoms with Gasteiger partial charge in [0.2, 0.25) is 10.1 Å². The maximum absolute atomic E-state index is 10.4. The van der Waals surface area contributed by atoms with Crippen LogP contribution < -0.4 is 5.90 Å². The van der Waals surface area contributed by atoms with Crippen LogP contribution in [0.25, 0.3) is 0 Å². The number of hydrogen-bond donors (Lipinski definition) is 2. The van der Waals surface area contributed by atoms with Crippen LogP contribution in [0.1, 0.15) is 0 Å². The van der Waals surface area contributed by atoms with Crippen molar-refractivity contribution in [3.05, 3.63) is 0 Å². The minimum absolute atomic E-state index is 0.161. The first-order valence-electron chi connectivity index (χ1n) is 1.91. The molecule has 0 saturated carbocycles. The summed E-state index contributed by atoms with van der Waals surface area (Å²) >= 11 is 0. The zero-order valence-corrected chi connectivity index (χ0v) is 7.40. The lowest BCUT2D eigenvalue weighted by Crippen LogP contribution is -2.00. The lowest BCUT2D eigenvalue weighted by molar-refractivity contribution is 0.215. The van der Waals surface area contributed by atoms with Gasteiger partial charge in [-0.05, 0) is 0 Å². The fourth-order valence-corrected chi connectivity index (χ4v) is 2.23. The van der Waals surface area contributed by atoms with Crippen molar-refractivity contribution in [1.82, 2.24) is 0 Å². The van der Waals surface area contributed by atoms with Crippen LogP contribution >= 0.6 is 18.6 Å². The zero-order chi connectivity index (χ0) is 8.91. The Morgan fingerprint density at radius 1 is 1.82 bits per heavy atom. The molecule has 10 heteroatoms. The summed E-state index contributed by atoms with van der Waals surface area (Å²) in [6, 6.07) is 0. The molecule has 0 saturated heterocycles. The molecule has 0 heterocycles. The van der Waals surface area contributed by atoms with E-state index in [9.17, 15) is 8.77 Å². The van der Waals surface area contributed by atoms with Crippen molar-refractivity contribution in [3.63, 3.8) is 0 Å². The highest BCUT2D eigenvalue weighted by molar-refractivity contribution is 8.69. The minimum Gasteiger partial charge on any atom is -0.301 e. The first-order valence-corrected chi connectivity index (χ1v) is 5.81. The van der Waals surface area contributed by atoms with Crippen molar-refractivity contribution in [2.75, 3.05) is 0 Å². The van der Waals surface area contributed by atoms with E-state index < -0.39 is 17.9 Å². The van der Waals surface area contributed by atoms with Crippen LogP contribution in [0.15, 0.2) is 0 Å². The van der Waals surface area contributed by atoms with Gasteiger partial charge in [0, 0.05) is 0 Å². The summed E-state index contributed by atoms with van der Waals surface area (Å²) in [7, 11) is -6.54. The van der Waals surface area contributed by atoms with Gasteiger partial charge in [0.15, 0.2) is 0 Å². The molecule has 0 aliphatic carbocycles. The molecule has 0 radical (unpaired) electrons. The number of rotatable bonds is 4. The first kappa shape index (κ1) is 11.1. The van der Waals surface area contributed by atoms with Crippen LogP contribution in [0.5, 0.6) is 0 Å². The largest absolute Gasteiger partial charge is 0.502 e. The second-order valence-electron chi connectivity index (χ2n) is 1.03. The van der Waals surface area contributed by atoms with Crippen LogP contribution in [0.4, 0.5) is 0 Å². The predicted molar refractivity (Wildman–Crippen MR) is 37.5 cm³/mol. The average molecular weight is 218 g/mol. The van der Waals surface area contributed by atoms with Gasteiger partial charge < -0.3 is 4.89 Å². The molecule has 2 atom stereocenters. The van der Waals surface area contributed by atoms with Gasteiger partial charge in [-0.25, -0.2) is 19.3 Å². The Morgan fingerprint density at radius 3 is 2.73 bits per heavy atom. The van der Waals surface area contributed by atoms with Crippen LogP contribution in [0, 0.1) is 10.7 Å². The molecule has 0 bridgehead atoms. The van der Waals surface area contributed by atoms with Crippen LogP contribution in [0.2, 0.25) is 0 Å². The first-order chi connectivity index (χ1) is 5.02. The number of phosphoric acid groups is 1.